The number of aliphatic carboxylic acids is 1. The van der Waals surface area contributed by atoms with Gasteiger partial charge in [-0.3, -0.25) is 14.8 Å². The number of carboxylic acid groups (broad SMARTS) is 1. The Bertz CT molecular complexity index is 792. The van der Waals surface area contributed by atoms with Gasteiger partial charge in [0.1, 0.15) is 6.04 Å². The molecule has 28 heavy (non-hydrogen) atoms. The third-order valence-corrected chi connectivity index (χ3v) is 4.89. The number of nitrogens with one attached hydrogen (secondary N) is 2. The van der Waals surface area contributed by atoms with Gasteiger partial charge in [-0.1, -0.05) is 30.3 Å². The second-order valence-corrected chi connectivity index (χ2v) is 6.73. The van der Waals surface area contributed by atoms with Crippen molar-refractivity contribution >= 4 is 17.8 Å². The number of carbonyl (C=O) groups excluding carboxylic acids is 1. The number of aromatic nitrogens is 2. The van der Waals surface area contributed by atoms with Crippen molar-refractivity contribution in [3.63, 3.8) is 0 Å². The van der Waals surface area contributed by atoms with E-state index in [1.165, 1.54) is 12.4 Å². The third-order valence-electron chi connectivity index (χ3n) is 4.89. The lowest BCUT2D eigenvalue weighted by atomic mass is 9.96. The largest absolute Gasteiger partial charge is 0.480 e. The average molecular weight is 385 g/mol. The van der Waals surface area contributed by atoms with Crippen molar-refractivity contribution in [2.24, 2.45) is 5.92 Å². The Kier molecular flexibility index (Phi) is 6.51. The van der Waals surface area contributed by atoms with Gasteiger partial charge in [0, 0.05) is 25.5 Å². The summed E-state index contributed by atoms with van der Waals surface area (Å²) < 4.78 is 0. The van der Waals surface area contributed by atoms with E-state index in [1.54, 1.807) is 5.48 Å². The van der Waals surface area contributed by atoms with E-state index in [0.29, 0.717) is 18.4 Å². The van der Waals surface area contributed by atoms with E-state index < -0.39 is 17.9 Å². The Morgan fingerprint density at radius 2 is 1.79 bits per heavy atom. The van der Waals surface area contributed by atoms with Crippen LogP contribution in [0.15, 0.2) is 42.7 Å². The van der Waals surface area contributed by atoms with Crippen LogP contribution in [0.3, 0.4) is 0 Å². The highest BCUT2D eigenvalue weighted by Gasteiger charge is 2.24. The van der Waals surface area contributed by atoms with Crippen molar-refractivity contribution in [3.8, 4) is 0 Å². The fourth-order valence-corrected chi connectivity index (χ4v) is 3.28. The Hall–Kier alpha value is -3.04. The summed E-state index contributed by atoms with van der Waals surface area (Å²) in [7, 11) is 0. The summed E-state index contributed by atoms with van der Waals surface area (Å²) in [6.45, 7) is 2.12. The molecule has 1 aliphatic rings. The molecular weight excluding hydrogens is 362 g/mol. The Morgan fingerprint density at radius 3 is 2.36 bits per heavy atom. The normalized spacial score (nSPS) is 15.8. The molecule has 1 saturated heterocycles. The quantitative estimate of drug-likeness (QED) is 0.414. The maximum atomic E-state index is 11.6. The number of hydrogen-bond donors (Lipinski definition) is 4. The number of anilines is 1. The molecule has 1 aromatic heterocycles. The molecule has 9 heteroatoms. The second-order valence-electron chi connectivity index (χ2n) is 6.73. The number of carboxylic acids is 1. The van der Waals surface area contributed by atoms with Gasteiger partial charge in [-0.25, -0.2) is 15.4 Å². The van der Waals surface area contributed by atoms with Crippen LogP contribution in [-0.4, -0.2) is 51.8 Å². The van der Waals surface area contributed by atoms with Gasteiger partial charge < -0.3 is 15.3 Å². The molecule has 0 bridgehead atoms. The summed E-state index contributed by atoms with van der Waals surface area (Å²) in [6.07, 6.45) is 4.52. The number of rotatable bonds is 7. The molecule has 9 nitrogen and oxygen atoms in total. The highest BCUT2D eigenvalue weighted by Crippen LogP contribution is 2.21. The van der Waals surface area contributed by atoms with Gasteiger partial charge in [-0.15, -0.1) is 0 Å². The zero-order chi connectivity index (χ0) is 19.9. The van der Waals surface area contributed by atoms with E-state index >= 15 is 0 Å². The van der Waals surface area contributed by atoms with Crippen LogP contribution in [0, 0.1) is 5.92 Å². The molecule has 1 atom stereocenters. The molecule has 2 aromatic rings. The summed E-state index contributed by atoms with van der Waals surface area (Å²) in [4.78, 5) is 33.3. The highest BCUT2D eigenvalue weighted by atomic mass is 16.5. The Morgan fingerprint density at radius 1 is 1.14 bits per heavy atom. The first-order chi connectivity index (χ1) is 13.6. The molecule has 0 radical (unpaired) electrons. The van der Waals surface area contributed by atoms with Crippen molar-refractivity contribution < 1.29 is 19.9 Å². The molecule has 0 unspecified atom stereocenters. The van der Waals surface area contributed by atoms with Crippen LogP contribution in [0.2, 0.25) is 0 Å². The molecule has 1 amide bonds. The molecule has 0 spiro atoms. The molecule has 0 saturated carbocycles. The number of nitrogens with zero attached hydrogens (tertiary/aromatic N) is 3. The third kappa shape index (κ3) is 4.81. The summed E-state index contributed by atoms with van der Waals surface area (Å²) in [5.41, 5.74) is 2.48. The van der Waals surface area contributed by atoms with Crippen molar-refractivity contribution in [1.82, 2.24) is 20.8 Å². The van der Waals surface area contributed by atoms with E-state index in [1.807, 2.05) is 35.2 Å². The fraction of sp³-hybridized carbons (Fsp3) is 0.368. The lowest BCUT2D eigenvalue weighted by Gasteiger charge is -2.32. The fourth-order valence-electron chi connectivity index (χ4n) is 3.28. The highest BCUT2D eigenvalue weighted by molar-refractivity contribution is 5.92. The van der Waals surface area contributed by atoms with Crippen molar-refractivity contribution in [2.75, 3.05) is 24.5 Å². The zero-order valence-electron chi connectivity index (χ0n) is 15.3. The number of benzene rings is 1. The standard InChI is InChI=1S/C19H23N5O4/c25-17(23-28)15-11-21-19(22-12-15)24-8-6-13(7-9-24)10-20-16(18(26)27)14-4-2-1-3-5-14/h1-5,11-13,16,20,28H,6-10H2,(H,23,25)(H,26,27)/t16-/m0/s1. The van der Waals surface area contributed by atoms with Crippen LogP contribution in [0.5, 0.6) is 0 Å². The number of hydrogen-bond acceptors (Lipinski definition) is 7. The minimum atomic E-state index is -0.885. The Balaban J connectivity index is 1.51. The van der Waals surface area contributed by atoms with Crippen LogP contribution in [0.25, 0.3) is 0 Å². The van der Waals surface area contributed by atoms with Gasteiger partial charge in [-0.2, -0.15) is 0 Å². The van der Waals surface area contributed by atoms with Gasteiger partial charge in [0.25, 0.3) is 5.91 Å². The smallest absolute Gasteiger partial charge is 0.325 e. The van der Waals surface area contributed by atoms with E-state index in [-0.39, 0.29) is 5.56 Å². The number of carbonyl (C=O) groups is 2. The number of hydroxylamine groups is 1. The molecule has 4 N–H and O–H groups in total. The molecule has 1 fully saturated rings. The topological polar surface area (TPSA) is 128 Å². The first-order valence-electron chi connectivity index (χ1n) is 9.11. The summed E-state index contributed by atoms with van der Waals surface area (Å²) >= 11 is 0. The van der Waals surface area contributed by atoms with E-state index in [0.717, 1.165) is 31.5 Å². The van der Waals surface area contributed by atoms with E-state index in [9.17, 15) is 14.7 Å². The molecule has 1 aromatic carbocycles. The molecule has 3 rings (SSSR count). The van der Waals surface area contributed by atoms with Gasteiger partial charge in [0.2, 0.25) is 5.95 Å². The molecule has 1 aliphatic heterocycles. The molecule has 0 aliphatic carbocycles. The maximum absolute atomic E-state index is 11.6. The summed E-state index contributed by atoms with van der Waals surface area (Å²) in [6, 6.07) is 8.44. The predicted molar refractivity (Wildman–Crippen MR) is 101 cm³/mol. The monoisotopic (exact) mass is 385 g/mol. The first-order valence-corrected chi connectivity index (χ1v) is 9.11. The van der Waals surface area contributed by atoms with Crippen LogP contribution in [0.4, 0.5) is 5.95 Å². The van der Waals surface area contributed by atoms with Gasteiger partial charge >= 0.3 is 5.97 Å². The van der Waals surface area contributed by atoms with Crippen molar-refractivity contribution in [1.29, 1.82) is 0 Å². The van der Waals surface area contributed by atoms with Crippen LogP contribution in [-0.2, 0) is 4.79 Å². The van der Waals surface area contributed by atoms with E-state index in [2.05, 4.69) is 15.3 Å². The maximum Gasteiger partial charge on any atom is 0.325 e. The van der Waals surface area contributed by atoms with Gasteiger partial charge in [-0.05, 0) is 30.9 Å². The molecule has 148 valence electrons. The first kappa shape index (κ1) is 19.7. The number of amides is 1. The lowest BCUT2D eigenvalue weighted by Crippen LogP contribution is -2.40. The average Bonchev–Trinajstić information content (AvgIpc) is 2.74. The van der Waals surface area contributed by atoms with Crippen LogP contribution >= 0.6 is 0 Å². The van der Waals surface area contributed by atoms with E-state index in [4.69, 9.17) is 5.21 Å². The minimum Gasteiger partial charge on any atom is -0.480 e. The van der Waals surface area contributed by atoms with Crippen molar-refractivity contribution in [3.05, 3.63) is 53.9 Å². The van der Waals surface area contributed by atoms with Gasteiger partial charge in [0.15, 0.2) is 0 Å². The lowest BCUT2D eigenvalue weighted by molar-refractivity contribution is -0.139. The zero-order valence-corrected chi connectivity index (χ0v) is 15.3. The summed E-state index contributed by atoms with van der Waals surface area (Å²) in [5, 5.41) is 21.3. The number of piperidine rings is 1. The molecule has 2 heterocycles. The minimum absolute atomic E-state index is 0.186. The van der Waals surface area contributed by atoms with Crippen molar-refractivity contribution in [2.45, 2.75) is 18.9 Å². The second kappa shape index (κ2) is 9.25. The van der Waals surface area contributed by atoms with Crippen LogP contribution in [0.1, 0.15) is 34.8 Å². The SMILES string of the molecule is O=C(NO)c1cnc(N2CCC(CN[C@H](C(=O)O)c3ccccc3)CC2)nc1. The predicted octanol–water partition coefficient (Wildman–Crippen LogP) is 1.23. The van der Waals surface area contributed by atoms with Gasteiger partial charge in [0.05, 0.1) is 5.56 Å². The molecular formula is C19H23N5O4. The van der Waals surface area contributed by atoms with Crippen LogP contribution < -0.4 is 15.7 Å². The summed E-state index contributed by atoms with van der Waals surface area (Å²) in [5.74, 6) is -0.637. The Labute approximate surface area is 162 Å².